The van der Waals surface area contributed by atoms with Gasteiger partial charge in [0.05, 0.1) is 29.4 Å². The normalized spacial score (nSPS) is 11.6. The molecule has 0 aliphatic rings. The standard InChI is InChI=1S/C26H23BN4O4/c28-16-22-9-10-24(30-18-22)23(17-29)14-21-8-4-7-20(13-21)11-12-35-26(32)31-25(27(33)34)15-19-5-2-1-3-6-19/h1-10,13-14,18,25,33-34H,11-12,15H2,(H,31,32)/t25-/m0/s1. The molecular formula is C26H23BN4O4. The molecule has 35 heavy (non-hydrogen) atoms. The van der Waals surface area contributed by atoms with E-state index in [0.29, 0.717) is 23.3 Å². The van der Waals surface area contributed by atoms with Crippen LogP contribution in [-0.2, 0) is 17.6 Å². The van der Waals surface area contributed by atoms with Crippen LogP contribution in [0.5, 0.6) is 0 Å². The first-order valence-corrected chi connectivity index (χ1v) is 10.9. The maximum Gasteiger partial charge on any atom is 0.475 e. The molecule has 0 aliphatic heterocycles. The lowest BCUT2D eigenvalue weighted by Crippen LogP contribution is -2.48. The molecule has 9 heteroatoms. The number of hydrogen-bond donors (Lipinski definition) is 3. The van der Waals surface area contributed by atoms with Crippen molar-refractivity contribution in [1.82, 2.24) is 10.3 Å². The summed E-state index contributed by atoms with van der Waals surface area (Å²) in [5.41, 5.74) is 3.75. The Kier molecular flexibility index (Phi) is 9.15. The van der Waals surface area contributed by atoms with E-state index in [2.05, 4.69) is 16.4 Å². The van der Waals surface area contributed by atoms with Crippen molar-refractivity contribution < 1.29 is 19.6 Å². The number of rotatable bonds is 9. The first-order chi connectivity index (χ1) is 17.0. The Labute approximate surface area is 203 Å². The molecule has 0 spiro atoms. The highest BCUT2D eigenvalue weighted by molar-refractivity contribution is 6.43. The van der Waals surface area contributed by atoms with Gasteiger partial charge in [0.15, 0.2) is 0 Å². The van der Waals surface area contributed by atoms with Gasteiger partial charge in [0, 0.05) is 12.6 Å². The average Bonchev–Trinajstić information content (AvgIpc) is 2.88. The number of aromatic nitrogens is 1. The topological polar surface area (TPSA) is 139 Å². The van der Waals surface area contributed by atoms with E-state index in [9.17, 15) is 20.1 Å². The van der Waals surface area contributed by atoms with Crippen molar-refractivity contribution in [2.45, 2.75) is 18.8 Å². The molecule has 0 unspecified atom stereocenters. The lowest BCUT2D eigenvalue weighted by Gasteiger charge is -2.17. The van der Waals surface area contributed by atoms with Crippen molar-refractivity contribution in [2.75, 3.05) is 6.61 Å². The number of nitriles is 2. The van der Waals surface area contributed by atoms with Gasteiger partial charge >= 0.3 is 13.2 Å². The summed E-state index contributed by atoms with van der Waals surface area (Å²) in [6, 6.07) is 23.9. The molecule has 2 aromatic carbocycles. The Morgan fingerprint density at radius 3 is 2.51 bits per heavy atom. The molecule has 1 atom stereocenters. The van der Waals surface area contributed by atoms with Crippen molar-refractivity contribution >= 4 is 24.9 Å². The Bertz CT molecular complexity index is 1250. The van der Waals surface area contributed by atoms with Crippen LogP contribution in [0.3, 0.4) is 0 Å². The van der Waals surface area contributed by atoms with Crippen LogP contribution in [-0.4, -0.2) is 40.8 Å². The number of nitrogens with one attached hydrogen (secondary N) is 1. The molecule has 8 nitrogen and oxygen atoms in total. The minimum atomic E-state index is -1.73. The molecule has 174 valence electrons. The van der Waals surface area contributed by atoms with Crippen molar-refractivity contribution in [2.24, 2.45) is 0 Å². The number of pyridine rings is 1. The molecule has 3 N–H and O–H groups in total. The maximum absolute atomic E-state index is 12.2. The summed E-state index contributed by atoms with van der Waals surface area (Å²) in [5.74, 6) is -0.904. The number of benzene rings is 2. The summed E-state index contributed by atoms with van der Waals surface area (Å²) in [4.78, 5) is 16.3. The van der Waals surface area contributed by atoms with Crippen LogP contribution >= 0.6 is 0 Å². The van der Waals surface area contributed by atoms with Crippen LogP contribution in [0.25, 0.3) is 11.6 Å². The molecule has 0 saturated heterocycles. The largest absolute Gasteiger partial charge is 0.475 e. The van der Waals surface area contributed by atoms with Crippen LogP contribution < -0.4 is 5.32 Å². The minimum absolute atomic E-state index is 0.0842. The van der Waals surface area contributed by atoms with Gasteiger partial charge in [-0.1, -0.05) is 54.6 Å². The average molecular weight is 466 g/mol. The maximum atomic E-state index is 12.2. The van der Waals surface area contributed by atoms with Crippen molar-refractivity contribution in [3.63, 3.8) is 0 Å². The van der Waals surface area contributed by atoms with E-state index >= 15 is 0 Å². The quantitative estimate of drug-likeness (QED) is 0.326. The molecule has 0 fully saturated rings. The number of ether oxygens (including phenoxy) is 1. The number of carbonyl (C=O) groups excluding carboxylic acids is 1. The third-order valence-electron chi connectivity index (χ3n) is 5.14. The van der Waals surface area contributed by atoms with E-state index in [4.69, 9.17) is 10.00 Å². The van der Waals surface area contributed by atoms with Crippen molar-refractivity contribution in [3.05, 3.63) is 101 Å². The fourth-order valence-electron chi connectivity index (χ4n) is 3.34. The smallest absolute Gasteiger partial charge is 0.449 e. The molecule has 0 saturated carbocycles. The van der Waals surface area contributed by atoms with E-state index in [1.165, 1.54) is 6.20 Å². The third-order valence-corrected chi connectivity index (χ3v) is 5.14. The fourth-order valence-corrected chi connectivity index (χ4v) is 3.34. The van der Waals surface area contributed by atoms with Crippen LogP contribution in [0.1, 0.15) is 27.9 Å². The monoisotopic (exact) mass is 466 g/mol. The highest BCUT2D eigenvalue weighted by atomic mass is 16.5. The summed E-state index contributed by atoms with van der Waals surface area (Å²) < 4.78 is 5.22. The van der Waals surface area contributed by atoms with E-state index in [1.807, 2.05) is 60.7 Å². The first-order valence-electron chi connectivity index (χ1n) is 10.9. The molecule has 0 bridgehead atoms. The first kappa shape index (κ1) is 25.2. The lowest BCUT2D eigenvalue weighted by molar-refractivity contribution is 0.144. The van der Waals surface area contributed by atoms with Crippen LogP contribution in [0.4, 0.5) is 4.79 Å². The second-order valence-electron chi connectivity index (χ2n) is 7.70. The summed E-state index contributed by atoms with van der Waals surface area (Å²) in [6.07, 6.45) is 3.05. The molecule has 0 aliphatic carbocycles. The minimum Gasteiger partial charge on any atom is -0.449 e. The predicted molar refractivity (Wildman–Crippen MR) is 131 cm³/mol. The third kappa shape index (κ3) is 7.83. The van der Waals surface area contributed by atoms with Crippen LogP contribution in [0, 0.1) is 22.7 Å². The Morgan fingerprint density at radius 1 is 1.09 bits per heavy atom. The number of alkyl carbamates (subject to hydrolysis) is 1. The zero-order valence-corrected chi connectivity index (χ0v) is 18.8. The highest BCUT2D eigenvalue weighted by Crippen LogP contribution is 2.17. The highest BCUT2D eigenvalue weighted by Gasteiger charge is 2.26. The van der Waals surface area contributed by atoms with Gasteiger partial charge in [0.1, 0.15) is 12.1 Å². The Balaban J connectivity index is 1.56. The summed E-state index contributed by atoms with van der Waals surface area (Å²) in [6.45, 7) is 0.0842. The molecule has 0 radical (unpaired) electrons. The molecule has 1 amide bonds. The van der Waals surface area contributed by atoms with E-state index in [-0.39, 0.29) is 13.0 Å². The number of allylic oxidation sites excluding steroid dienone is 1. The number of amides is 1. The fraction of sp³-hybridized carbons (Fsp3) is 0.154. The van der Waals surface area contributed by atoms with E-state index in [0.717, 1.165) is 16.7 Å². The van der Waals surface area contributed by atoms with Gasteiger partial charge < -0.3 is 20.1 Å². The van der Waals surface area contributed by atoms with Gasteiger partial charge in [0.25, 0.3) is 0 Å². The van der Waals surface area contributed by atoms with Gasteiger partial charge in [-0.25, -0.2) is 4.79 Å². The lowest BCUT2D eigenvalue weighted by atomic mass is 9.76. The van der Waals surface area contributed by atoms with Gasteiger partial charge in [-0.2, -0.15) is 10.5 Å². The number of hydrogen-bond acceptors (Lipinski definition) is 7. The number of nitrogens with zero attached hydrogens (tertiary/aromatic N) is 3. The second kappa shape index (κ2) is 12.7. The van der Waals surface area contributed by atoms with Gasteiger partial charge in [0.2, 0.25) is 0 Å². The Morgan fingerprint density at radius 2 is 1.86 bits per heavy atom. The van der Waals surface area contributed by atoms with Gasteiger partial charge in [-0.3, -0.25) is 4.98 Å². The van der Waals surface area contributed by atoms with Gasteiger partial charge in [-0.15, -0.1) is 0 Å². The van der Waals surface area contributed by atoms with Gasteiger partial charge in [-0.05, 0) is 41.3 Å². The summed E-state index contributed by atoms with van der Waals surface area (Å²) in [5, 5.41) is 40.1. The molecule has 1 heterocycles. The Hall–Kier alpha value is -4.44. The second-order valence-corrected chi connectivity index (χ2v) is 7.70. The number of carbonyl (C=O) groups is 1. The molecule has 1 aromatic heterocycles. The summed E-state index contributed by atoms with van der Waals surface area (Å²) in [7, 11) is -1.73. The predicted octanol–water partition coefficient (Wildman–Crippen LogP) is 2.91. The zero-order valence-electron chi connectivity index (χ0n) is 18.8. The summed E-state index contributed by atoms with van der Waals surface area (Å²) >= 11 is 0. The van der Waals surface area contributed by atoms with Crippen LogP contribution in [0.15, 0.2) is 72.9 Å². The zero-order chi connectivity index (χ0) is 25.0. The van der Waals surface area contributed by atoms with E-state index in [1.54, 1.807) is 18.2 Å². The molecular weight excluding hydrogens is 443 g/mol. The van der Waals surface area contributed by atoms with Crippen molar-refractivity contribution in [3.8, 4) is 12.1 Å². The van der Waals surface area contributed by atoms with Crippen molar-refractivity contribution in [1.29, 1.82) is 10.5 Å². The molecule has 3 aromatic rings. The SMILES string of the molecule is N#CC(=Cc1cccc(CCOC(=O)N[C@@H](Cc2ccccc2)B(O)O)c1)c1ccc(C#N)cn1. The van der Waals surface area contributed by atoms with Crippen LogP contribution in [0.2, 0.25) is 0 Å². The van der Waals surface area contributed by atoms with E-state index < -0.39 is 19.2 Å². The molecule has 3 rings (SSSR count).